The van der Waals surface area contributed by atoms with E-state index in [1.807, 2.05) is 30.3 Å². The van der Waals surface area contributed by atoms with E-state index in [9.17, 15) is 14.0 Å². The molecular formula is C28H31FN6O2. The van der Waals surface area contributed by atoms with Crippen LogP contribution in [-0.4, -0.2) is 65.4 Å². The second-order valence-electron chi connectivity index (χ2n) is 9.17. The van der Waals surface area contributed by atoms with Gasteiger partial charge in [0.2, 0.25) is 5.91 Å². The molecule has 1 aliphatic heterocycles. The molecule has 3 amide bonds. The highest BCUT2D eigenvalue weighted by Crippen LogP contribution is 2.32. The Morgan fingerprint density at radius 1 is 1.19 bits per heavy atom. The van der Waals surface area contributed by atoms with Crippen molar-refractivity contribution in [1.29, 1.82) is 0 Å². The minimum atomic E-state index is -0.736. The van der Waals surface area contributed by atoms with E-state index in [-0.39, 0.29) is 11.8 Å². The van der Waals surface area contributed by atoms with Gasteiger partial charge in [-0.25, -0.2) is 14.2 Å². The number of rotatable bonds is 8. The number of benzene rings is 1. The number of anilines is 1. The van der Waals surface area contributed by atoms with Crippen molar-refractivity contribution in [3.63, 3.8) is 0 Å². The fourth-order valence-corrected chi connectivity index (χ4v) is 4.44. The Hall–Kier alpha value is -4.27. The lowest BCUT2D eigenvalue weighted by Gasteiger charge is -2.29. The quantitative estimate of drug-likeness (QED) is 0.489. The van der Waals surface area contributed by atoms with E-state index in [1.54, 1.807) is 48.4 Å². The fourth-order valence-electron chi connectivity index (χ4n) is 4.44. The van der Waals surface area contributed by atoms with Gasteiger partial charge >= 0.3 is 6.03 Å². The van der Waals surface area contributed by atoms with Crippen molar-refractivity contribution in [2.45, 2.75) is 18.8 Å². The molecule has 0 aliphatic carbocycles. The van der Waals surface area contributed by atoms with Crippen molar-refractivity contribution < 1.29 is 14.0 Å². The molecule has 8 nitrogen and oxygen atoms in total. The number of halogens is 1. The monoisotopic (exact) mass is 502 g/mol. The molecule has 9 heteroatoms. The molecule has 192 valence electrons. The van der Waals surface area contributed by atoms with Crippen molar-refractivity contribution >= 4 is 23.3 Å². The molecule has 0 radical (unpaired) electrons. The standard InChI is InChI=1S/C28H31FN6O2/c1-34(2)28(37)35-15-11-20(12-16-35)24-9-8-23(25(26(30)36)21-6-4-13-31-18-21)27(33-24)32-14-10-19-5-3-7-22(29)17-19/h3-9,11,13,17-18,25H,10,12,14-16H2,1-2H3,(H2,30,36)(H,32,33). The SMILES string of the molecule is CN(C)C(=O)N1CC=C(c2ccc(C(C(N)=O)c3cccnc3)c(NCCc3cccc(F)c3)n2)CC1. The number of hydrogen-bond donors (Lipinski definition) is 2. The van der Waals surface area contributed by atoms with Gasteiger partial charge in [-0.3, -0.25) is 9.78 Å². The summed E-state index contributed by atoms with van der Waals surface area (Å²) in [7, 11) is 3.47. The van der Waals surface area contributed by atoms with Crippen LogP contribution in [0.2, 0.25) is 0 Å². The number of carbonyl (C=O) groups is 2. The number of primary amides is 1. The minimum Gasteiger partial charge on any atom is -0.369 e. The first-order chi connectivity index (χ1) is 17.8. The Morgan fingerprint density at radius 2 is 2.03 bits per heavy atom. The van der Waals surface area contributed by atoms with Gasteiger partial charge in [0.15, 0.2) is 0 Å². The van der Waals surface area contributed by atoms with Crippen LogP contribution in [0.4, 0.5) is 15.0 Å². The number of carbonyl (C=O) groups excluding carboxylic acids is 2. The van der Waals surface area contributed by atoms with Gasteiger partial charge in [0, 0.05) is 51.7 Å². The molecule has 0 saturated carbocycles. The van der Waals surface area contributed by atoms with Gasteiger partial charge in [-0.15, -0.1) is 0 Å². The number of nitrogens with zero attached hydrogens (tertiary/aromatic N) is 4. The van der Waals surface area contributed by atoms with Crippen LogP contribution < -0.4 is 11.1 Å². The van der Waals surface area contributed by atoms with Crippen molar-refractivity contribution in [3.8, 4) is 0 Å². The third-order valence-corrected chi connectivity index (χ3v) is 6.33. The van der Waals surface area contributed by atoms with Crippen LogP contribution in [0.3, 0.4) is 0 Å². The molecule has 1 unspecified atom stereocenters. The van der Waals surface area contributed by atoms with Gasteiger partial charge < -0.3 is 20.9 Å². The average Bonchev–Trinajstić information content (AvgIpc) is 2.89. The van der Waals surface area contributed by atoms with Crippen molar-refractivity contribution in [2.75, 3.05) is 39.0 Å². The molecule has 1 aromatic carbocycles. The lowest BCUT2D eigenvalue weighted by molar-refractivity contribution is -0.118. The highest BCUT2D eigenvalue weighted by atomic mass is 19.1. The second-order valence-corrected chi connectivity index (χ2v) is 9.17. The minimum absolute atomic E-state index is 0.0286. The molecule has 0 saturated heterocycles. The third-order valence-electron chi connectivity index (χ3n) is 6.33. The van der Waals surface area contributed by atoms with Gasteiger partial charge in [-0.2, -0.15) is 0 Å². The molecule has 3 heterocycles. The van der Waals surface area contributed by atoms with Crippen LogP contribution in [0.5, 0.6) is 0 Å². The number of aromatic nitrogens is 2. The maximum absolute atomic E-state index is 13.6. The maximum Gasteiger partial charge on any atom is 0.319 e. The third kappa shape index (κ3) is 6.30. The first-order valence-corrected chi connectivity index (χ1v) is 12.2. The van der Waals surface area contributed by atoms with Crippen LogP contribution in [0.15, 0.2) is 67.0 Å². The fraction of sp³-hybridized carbons (Fsp3) is 0.286. The summed E-state index contributed by atoms with van der Waals surface area (Å²) in [6, 6.07) is 13.8. The molecule has 2 aromatic heterocycles. The number of amides is 3. The molecule has 37 heavy (non-hydrogen) atoms. The van der Waals surface area contributed by atoms with E-state index >= 15 is 0 Å². The normalized spacial score (nSPS) is 14.0. The van der Waals surface area contributed by atoms with Gasteiger partial charge in [0.25, 0.3) is 0 Å². The van der Waals surface area contributed by atoms with Crippen molar-refractivity contribution in [2.24, 2.45) is 5.73 Å². The van der Waals surface area contributed by atoms with Crippen molar-refractivity contribution in [3.05, 3.63) is 95.2 Å². The molecule has 3 N–H and O–H groups in total. The zero-order valence-corrected chi connectivity index (χ0v) is 21.0. The van der Waals surface area contributed by atoms with E-state index < -0.39 is 11.8 Å². The zero-order valence-electron chi connectivity index (χ0n) is 21.0. The number of urea groups is 1. The van der Waals surface area contributed by atoms with E-state index in [0.717, 1.165) is 16.8 Å². The summed E-state index contributed by atoms with van der Waals surface area (Å²) in [4.78, 5) is 37.2. The van der Waals surface area contributed by atoms with Crippen LogP contribution >= 0.6 is 0 Å². The summed E-state index contributed by atoms with van der Waals surface area (Å²) in [5.74, 6) is -0.991. The van der Waals surface area contributed by atoms with Crippen molar-refractivity contribution in [1.82, 2.24) is 19.8 Å². The van der Waals surface area contributed by atoms with Gasteiger partial charge in [0.05, 0.1) is 11.6 Å². The smallest absolute Gasteiger partial charge is 0.319 e. The van der Waals surface area contributed by atoms with Gasteiger partial charge in [0.1, 0.15) is 11.6 Å². The molecule has 1 aliphatic rings. The number of pyridine rings is 2. The Bertz CT molecular complexity index is 1290. The first kappa shape index (κ1) is 25.8. The Labute approximate surface area is 216 Å². The predicted octanol–water partition coefficient (Wildman–Crippen LogP) is 3.66. The maximum atomic E-state index is 13.6. The molecular weight excluding hydrogens is 471 g/mol. The highest BCUT2D eigenvalue weighted by Gasteiger charge is 2.26. The number of nitrogens with one attached hydrogen (secondary N) is 1. The topological polar surface area (TPSA) is 104 Å². The summed E-state index contributed by atoms with van der Waals surface area (Å²) in [6.45, 7) is 1.57. The number of hydrogen-bond acceptors (Lipinski definition) is 5. The van der Waals surface area contributed by atoms with E-state index in [4.69, 9.17) is 10.7 Å². The molecule has 1 atom stereocenters. The highest BCUT2D eigenvalue weighted by molar-refractivity contribution is 5.87. The molecule has 4 rings (SSSR count). The second kappa shape index (κ2) is 11.6. The van der Waals surface area contributed by atoms with Crippen LogP contribution in [0, 0.1) is 5.82 Å². The lowest BCUT2D eigenvalue weighted by Crippen LogP contribution is -2.41. The summed E-state index contributed by atoms with van der Waals surface area (Å²) < 4.78 is 13.6. The van der Waals surface area contributed by atoms with Crippen LogP contribution in [-0.2, 0) is 11.2 Å². The summed E-state index contributed by atoms with van der Waals surface area (Å²) in [5.41, 5.74) is 9.80. The van der Waals surface area contributed by atoms with Crippen LogP contribution in [0.25, 0.3) is 5.57 Å². The zero-order chi connectivity index (χ0) is 26.4. The Kier molecular flexibility index (Phi) is 8.12. The summed E-state index contributed by atoms with van der Waals surface area (Å²) >= 11 is 0. The number of nitrogens with two attached hydrogens (primary N) is 1. The van der Waals surface area contributed by atoms with Gasteiger partial charge in [-0.1, -0.05) is 30.3 Å². The predicted molar refractivity (Wildman–Crippen MR) is 141 cm³/mol. The van der Waals surface area contributed by atoms with E-state index in [2.05, 4.69) is 10.3 Å². The summed E-state index contributed by atoms with van der Waals surface area (Å²) in [6.07, 6.45) is 6.51. The summed E-state index contributed by atoms with van der Waals surface area (Å²) in [5, 5.41) is 3.35. The van der Waals surface area contributed by atoms with E-state index in [1.165, 1.54) is 12.1 Å². The lowest BCUT2D eigenvalue weighted by atomic mass is 9.91. The molecule has 3 aromatic rings. The Balaban J connectivity index is 1.63. The van der Waals surface area contributed by atoms with Gasteiger partial charge in [-0.05, 0) is 53.8 Å². The molecule has 0 spiro atoms. The largest absolute Gasteiger partial charge is 0.369 e. The van der Waals surface area contributed by atoms with Crippen LogP contribution in [0.1, 0.15) is 34.7 Å². The van der Waals surface area contributed by atoms with E-state index in [0.29, 0.717) is 49.4 Å². The average molecular weight is 503 g/mol. The Morgan fingerprint density at radius 3 is 2.68 bits per heavy atom. The molecule has 0 bridgehead atoms. The first-order valence-electron chi connectivity index (χ1n) is 12.2. The molecule has 0 fully saturated rings.